The van der Waals surface area contributed by atoms with Crippen LogP contribution in [-0.4, -0.2) is 61.9 Å². The van der Waals surface area contributed by atoms with Crippen molar-refractivity contribution in [2.75, 3.05) is 26.3 Å². The number of ketones is 1. The van der Waals surface area contributed by atoms with Crippen molar-refractivity contribution in [2.24, 2.45) is 0 Å². The van der Waals surface area contributed by atoms with Gasteiger partial charge in [0.1, 0.15) is 0 Å². The first-order valence-corrected chi connectivity index (χ1v) is 11.7. The second kappa shape index (κ2) is 8.85. The number of morpholine rings is 1. The second-order valence-corrected chi connectivity index (χ2v) is 9.56. The number of sulfonamides is 1. The Morgan fingerprint density at radius 1 is 1.09 bits per heavy atom. The molecule has 1 fully saturated rings. The van der Waals surface area contributed by atoms with E-state index in [9.17, 15) is 18.0 Å². The van der Waals surface area contributed by atoms with Gasteiger partial charge < -0.3 is 14.5 Å². The molecule has 0 spiro atoms. The van der Waals surface area contributed by atoms with Gasteiger partial charge in [0.05, 0.1) is 23.7 Å². The number of para-hydroxylation sites is 1. The Balaban J connectivity index is 1.53. The molecule has 9 heteroatoms. The molecule has 1 aliphatic rings. The van der Waals surface area contributed by atoms with Gasteiger partial charge in [0.15, 0.2) is 6.10 Å². The summed E-state index contributed by atoms with van der Waals surface area (Å²) in [5.41, 5.74) is 2.06. The van der Waals surface area contributed by atoms with E-state index in [1.54, 1.807) is 6.92 Å². The van der Waals surface area contributed by atoms with Crippen LogP contribution in [0.1, 0.15) is 33.3 Å². The number of hydrogen-bond acceptors (Lipinski definition) is 6. The Labute approximate surface area is 186 Å². The van der Waals surface area contributed by atoms with E-state index in [2.05, 4.69) is 4.98 Å². The average molecular weight is 457 g/mol. The van der Waals surface area contributed by atoms with E-state index in [0.29, 0.717) is 24.5 Å². The maximum absolute atomic E-state index is 13.0. The average Bonchev–Trinajstić information content (AvgIpc) is 3.14. The third-order valence-corrected chi connectivity index (χ3v) is 7.37. The van der Waals surface area contributed by atoms with Crippen molar-refractivity contribution in [3.8, 4) is 0 Å². The largest absolute Gasteiger partial charge is 0.451 e. The summed E-state index contributed by atoms with van der Waals surface area (Å²) in [7, 11) is -3.75. The normalized spacial score (nSPS) is 16.1. The molecule has 1 aromatic heterocycles. The highest BCUT2D eigenvalue weighted by Gasteiger charge is 2.28. The first-order chi connectivity index (χ1) is 15.3. The smallest absolute Gasteiger partial charge is 0.338 e. The third kappa shape index (κ3) is 4.19. The lowest BCUT2D eigenvalue weighted by Gasteiger charge is -2.26. The Kier molecular flexibility index (Phi) is 6.14. The van der Waals surface area contributed by atoms with Crippen LogP contribution in [0.5, 0.6) is 0 Å². The molecule has 0 aliphatic carbocycles. The summed E-state index contributed by atoms with van der Waals surface area (Å²) >= 11 is 0. The van der Waals surface area contributed by atoms with Gasteiger partial charge in [-0.15, -0.1) is 0 Å². The summed E-state index contributed by atoms with van der Waals surface area (Å²) in [6, 6.07) is 13.1. The van der Waals surface area contributed by atoms with Gasteiger partial charge in [-0.25, -0.2) is 13.2 Å². The van der Waals surface area contributed by atoms with E-state index in [0.717, 1.165) is 10.9 Å². The number of fused-ring (bicyclic) bond motifs is 1. The molecule has 32 heavy (non-hydrogen) atoms. The highest BCUT2D eigenvalue weighted by molar-refractivity contribution is 7.89. The highest BCUT2D eigenvalue weighted by atomic mass is 32.2. The number of esters is 1. The van der Waals surface area contributed by atoms with Crippen LogP contribution in [0.15, 0.2) is 53.4 Å². The molecule has 8 nitrogen and oxygen atoms in total. The zero-order valence-electron chi connectivity index (χ0n) is 17.8. The molecule has 1 unspecified atom stereocenters. The number of aromatic nitrogens is 1. The number of aryl methyl sites for hydroxylation is 1. The van der Waals surface area contributed by atoms with Crippen LogP contribution in [-0.2, 0) is 19.5 Å². The molecule has 0 radical (unpaired) electrons. The predicted molar refractivity (Wildman–Crippen MR) is 118 cm³/mol. The minimum Gasteiger partial charge on any atom is -0.451 e. The van der Waals surface area contributed by atoms with Gasteiger partial charge in [0.2, 0.25) is 15.8 Å². The molecular weight excluding hydrogens is 432 g/mol. The van der Waals surface area contributed by atoms with E-state index in [4.69, 9.17) is 9.47 Å². The number of benzene rings is 2. The Morgan fingerprint density at radius 3 is 2.56 bits per heavy atom. The summed E-state index contributed by atoms with van der Waals surface area (Å²) in [5.74, 6) is -1.09. The van der Waals surface area contributed by atoms with Gasteiger partial charge in [-0.2, -0.15) is 4.31 Å². The van der Waals surface area contributed by atoms with Gasteiger partial charge in [-0.1, -0.05) is 24.3 Å². The minimum atomic E-state index is -3.75. The van der Waals surface area contributed by atoms with Crippen molar-refractivity contribution in [3.05, 3.63) is 65.4 Å². The van der Waals surface area contributed by atoms with E-state index >= 15 is 0 Å². The zero-order chi connectivity index (χ0) is 22.9. The van der Waals surface area contributed by atoms with Crippen LogP contribution in [0.4, 0.5) is 0 Å². The van der Waals surface area contributed by atoms with Gasteiger partial charge in [0.25, 0.3) is 0 Å². The van der Waals surface area contributed by atoms with Crippen LogP contribution in [0.25, 0.3) is 10.9 Å². The molecule has 2 aromatic carbocycles. The lowest BCUT2D eigenvalue weighted by Crippen LogP contribution is -2.40. The summed E-state index contributed by atoms with van der Waals surface area (Å²) in [6.45, 7) is 4.47. The SMILES string of the molecule is Cc1[nH]c2ccccc2c1C(=O)C(C)OC(=O)c1cccc(S(=O)(=O)N2CCOCC2)c1. The molecule has 1 atom stereocenters. The first-order valence-electron chi connectivity index (χ1n) is 10.3. The monoisotopic (exact) mass is 456 g/mol. The van der Waals surface area contributed by atoms with Gasteiger partial charge in [-0.05, 0) is 38.1 Å². The number of nitrogens with one attached hydrogen (secondary N) is 1. The summed E-state index contributed by atoms with van der Waals surface area (Å²) < 4.78 is 37.7. The number of H-pyrrole nitrogens is 1. The number of ether oxygens (including phenoxy) is 2. The number of hydrogen-bond donors (Lipinski definition) is 1. The second-order valence-electron chi connectivity index (χ2n) is 7.63. The Bertz CT molecular complexity index is 1270. The Morgan fingerprint density at radius 2 is 1.81 bits per heavy atom. The van der Waals surface area contributed by atoms with Gasteiger partial charge >= 0.3 is 5.97 Å². The van der Waals surface area contributed by atoms with Crippen LogP contribution in [0.3, 0.4) is 0 Å². The molecular formula is C23H24N2O6S. The molecule has 0 bridgehead atoms. The third-order valence-electron chi connectivity index (χ3n) is 5.47. The van der Waals surface area contributed by atoms with Crippen molar-refractivity contribution < 1.29 is 27.5 Å². The van der Waals surface area contributed by atoms with Crippen molar-refractivity contribution >= 4 is 32.7 Å². The topological polar surface area (TPSA) is 106 Å². The predicted octanol–water partition coefficient (Wildman–Crippen LogP) is 2.93. The van der Waals surface area contributed by atoms with Crippen LogP contribution >= 0.6 is 0 Å². The molecule has 0 saturated carbocycles. The van der Waals surface area contributed by atoms with Crippen molar-refractivity contribution in [1.29, 1.82) is 0 Å². The molecule has 1 aliphatic heterocycles. The van der Waals surface area contributed by atoms with Crippen LogP contribution in [0, 0.1) is 6.92 Å². The maximum Gasteiger partial charge on any atom is 0.338 e. The van der Waals surface area contributed by atoms with Crippen molar-refractivity contribution in [3.63, 3.8) is 0 Å². The highest BCUT2D eigenvalue weighted by Crippen LogP contribution is 2.24. The quantitative estimate of drug-likeness (QED) is 0.452. The maximum atomic E-state index is 13.0. The molecule has 0 amide bonds. The number of carbonyl (C=O) groups excluding carboxylic acids is 2. The number of aromatic amines is 1. The van der Waals surface area contributed by atoms with Crippen LogP contribution in [0.2, 0.25) is 0 Å². The first kappa shape index (κ1) is 22.2. The van der Waals surface area contributed by atoms with E-state index in [1.807, 2.05) is 24.3 Å². The fourth-order valence-electron chi connectivity index (χ4n) is 3.80. The molecule has 2 heterocycles. The lowest BCUT2D eigenvalue weighted by atomic mass is 10.0. The zero-order valence-corrected chi connectivity index (χ0v) is 18.6. The lowest BCUT2D eigenvalue weighted by molar-refractivity contribution is 0.0319. The number of rotatable bonds is 6. The number of Topliss-reactive ketones (excluding diaryl/α,β-unsaturated/α-hetero) is 1. The van der Waals surface area contributed by atoms with Crippen molar-refractivity contribution in [2.45, 2.75) is 24.8 Å². The fourth-order valence-corrected chi connectivity index (χ4v) is 5.25. The number of carbonyl (C=O) groups is 2. The standard InChI is InChI=1S/C23H24N2O6S/c1-15-21(19-8-3-4-9-20(19)24-15)22(26)16(2)31-23(27)17-6-5-7-18(14-17)32(28,29)25-10-12-30-13-11-25/h3-9,14,16,24H,10-13H2,1-2H3. The van der Waals surface area contributed by atoms with E-state index < -0.39 is 22.1 Å². The summed E-state index contributed by atoms with van der Waals surface area (Å²) in [6.07, 6.45) is -1.04. The summed E-state index contributed by atoms with van der Waals surface area (Å²) in [5, 5.41) is 0.761. The minimum absolute atomic E-state index is 0.000280. The van der Waals surface area contributed by atoms with Gasteiger partial charge in [0, 0.05) is 35.2 Å². The molecule has 168 valence electrons. The Hall–Kier alpha value is -3.01. The van der Waals surface area contributed by atoms with Gasteiger partial charge in [-0.3, -0.25) is 4.79 Å². The van der Waals surface area contributed by atoms with E-state index in [1.165, 1.54) is 35.5 Å². The molecule has 1 saturated heterocycles. The van der Waals surface area contributed by atoms with Crippen molar-refractivity contribution in [1.82, 2.24) is 9.29 Å². The van der Waals surface area contributed by atoms with Crippen LogP contribution < -0.4 is 0 Å². The molecule has 4 rings (SSSR count). The number of nitrogens with zero attached hydrogens (tertiary/aromatic N) is 1. The fraction of sp³-hybridized carbons (Fsp3) is 0.304. The summed E-state index contributed by atoms with van der Waals surface area (Å²) in [4.78, 5) is 28.9. The van der Waals surface area contributed by atoms with E-state index in [-0.39, 0.29) is 29.3 Å². The molecule has 3 aromatic rings. The molecule has 1 N–H and O–H groups in total.